The van der Waals surface area contributed by atoms with Crippen molar-refractivity contribution in [1.82, 2.24) is 0 Å². The summed E-state index contributed by atoms with van der Waals surface area (Å²) in [4.78, 5) is 1.30. The fourth-order valence-electron chi connectivity index (χ4n) is 1.56. The second kappa shape index (κ2) is 3.82. The molecular weight excluding hydrogens is 305 g/mol. The van der Waals surface area contributed by atoms with Gasteiger partial charge in [0.15, 0.2) is 6.20 Å². The third-order valence-corrected chi connectivity index (χ3v) is 3.27. The normalized spacial score (nSPS) is 10.3. The van der Waals surface area contributed by atoms with Crippen LogP contribution in [-0.4, -0.2) is 0 Å². The average Bonchev–Trinajstić information content (AvgIpc) is 2.56. The number of pyridine rings is 1. The predicted molar refractivity (Wildman–Crippen MR) is 55.0 cm³/mol. The maximum Gasteiger partial charge on any atom is 0.268 e. The molecular formula is C11H8INS. The summed E-state index contributed by atoms with van der Waals surface area (Å²) in [5.41, 5.74) is 1.29. The molecule has 14 heavy (non-hydrogen) atoms. The van der Waals surface area contributed by atoms with Gasteiger partial charge in [-0.05, 0) is 12.1 Å². The molecule has 0 saturated carbocycles. The number of halogens is 1. The van der Waals surface area contributed by atoms with Crippen LogP contribution >= 0.6 is 11.3 Å². The molecule has 0 aliphatic rings. The summed E-state index contributed by atoms with van der Waals surface area (Å²) >= 11 is 1.82. The molecule has 0 fully saturated rings. The quantitative estimate of drug-likeness (QED) is 0.394. The second-order valence-electron chi connectivity index (χ2n) is 2.98. The number of rotatable bonds is 0. The van der Waals surface area contributed by atoms with Gasteiger partial charge >= 0.3 is 0 Å². The van der Waals surface area contributed by atoms with E-state index < -0.39 is 0 Å². The molecule has 3 aromatic rings. The van der Waals surface area contributed by atoms with Crippen LogP contribution in [0.2, 0.25) is 0 Å². The van der Waals surface area contributed by atoms with Gasteiger partial charge in [0.1, 0.15) is 4.70 Å². The Balaban J connectivity index is 0.000000750. The van der Waals surface area contributed by atoms with Crippen molar-refractivity contribution in [2.24, 2.45) is 0 Å². The SMILES string of the molecule is [I-].c1ccc2c(c1)sc1cccc[n+]12. The first-order valence-electron chi connectivity index (χ1n) is 4.23. The van der Waals surface area contributed by atoms with Crippen molar-refractivity contribution in [3.63, 3.8) is 0 Å². The lowest BCUT2D eigenvalue weighted by Crippen LogP contribution is -3.00. The van der Waals surface area contributed by atoms with Crippen LogP contribution in [0.1, 0.15) is 0 Å². The van der Waals surface area contributed by atoms with E-state index in [0.717, 1.165) is 0 Å². The smallest absolute Gasteiger partial charge is 0.268 e. The van der Waals surface area contributed by atoms with Gasteiger partial charge in [-0.3, -0.25) is 0 Å². The minimum absolute atomic E-state index is 0. The highest BCUT2D eigenvalue weighted by molar-refractivity contribution is 7.23. The summed E-state index contributed by atoms with van der Waals surface area (Å²) in [6.07, 6.45) is 2.11. The van der Waals surface area contributed by atoms with E-state index in [1.54, 1.807) is 0 Å². The molecule has 0 saturated heterocycles. The topological polar surface area (TPSA) is 4.10 Å². The number of thiazole rings is 1. The molecule has 0 unspecified atom stereocenters. The zero-order valence-corrected chi connectivity index (χ0v) is 10.3. The first kappa shape index (κ1) is 9.86. The number of aromatic nitrogens is 1. The lowest BCUT2D eigenvalue weighted by molar-refractivity contribution is -0.477. The Bertz CT molecular complexity index is 523. The van der Waals surface area contributed by atoms with E-state index in [1.165, 1.54) is 15.0 Å². The third-order valence-electron chi connectivity index (χ3n) is 2.16. The Kier molecular flexibility index (Phi) is 2.69. The van der Waals surface area contributed by atoms with Crippen molar-refractivity contribution < 1.29 is 28.4 Å². The van der Waals surface area contributed by atoms with Crippen LogP contribution in [0, 0.1) is 0 Å². The van der Waals surface area contributed by atoms with E-state index in [2.05, 4.69) is 53.1 Å². The van der Waals surface area contributed by atoms with E-state index in [4.69, 9.17) is 0 Å². The highest BCUT2D eigenvalue weighted by Gasteiger charge is 2.10. The lowest BCUT2D eigenvalue weighted by atomic mass is 10.3. The van der Waals surface area contributed by atoms with Crippen LogP contribution in [0.15, 0.2) is 48.7 Å². The van der Waals surface area contributed by atoms with Gasteiger partial charge in [-0.25, -0.2) is 0 Å². The Morgan fingerprint density at radius 2 is 1.71 bits per heavy atom. The molecule has 0 spiro atoms. The molecule has 0 aliphatic heterocycles. The van der Waals surface area contributed by atoms with Crippen molar-refractivity contribution in [2.75, 3.05) is 0 Å². The number of para-hydroxylation sites is 1. The van der Waals surface area contributed by atoms with Gasteiger partial charge in [0.05, 0.1) is 0 Å². The zero-order chi connectivity index (χ0) is 8.67. The molecule has 0 radical (unpaired) electrons. The number of hydrogen-bond donors (Lipinski definition) is 0. The molecule has 3 heteroatoms. The molecule has 2 heterocycles. The summed E-state index contributed by atoms with van der Waals surface area (Å²) in [6, 6.07) is 14.8. The molecule has 70 valence electrons. The highest BCUT2D eigenvalue weighted by atomic mass is 127. The van der Waals surface area contributed by atoms with Crippen molar-refractivity contribution in [3.05, 3.63) is 48.7 Å². The Labute approximate surface area is 103 Å². The van der Waals surface area contributed by atoms with E-state index in [9.17, 15) is 0 Å². The van der Waals surface area contributed by atoms with Crippen LogP contribution in [0.5, 0.6) is 0 Å². The molecule has 1 nitrogen and oxygen atoms in total. The van der Waals surface area contributed by atoms with Crippen molar-refractivity contribution in [3.8, 4) is 0 Å². The second-order valence-corrected chi connectivity index (χ2v) is 4.04. The summed E-state index contributed by atoms with van der Waals surface area (Å²) in [6.45, 7) is 0. The number of nitrogens with zero attached hydrogens (tertiary/aromatic N) is 1. The Morgan fingerprint density at radius 3 is 2.64 bits per heavy atom. The van der Waals surface area contributed by atoms with Crippen LogP contribution in [0.25, 0.3) is 15.0 Å². The summed E-state index contributed by atoms with van der Waals surface area (Å²) in [5, 5.41) is 0. The first-order valence-corrected chi connectivity index (χ1v) is 5.05. The largest absolute Gasteiger partial charge is 1.00 e. The first-order chi connectivity index (χ1) is 6.45. The molecule has 0 N–H and O–H groups in total. The van der Waals surface area contributed by atoms with E-state index in [0.29, 0.717) is 0 Å². The maximum atomic E-state index is 2.22. The maximum absolute atomic E-state index is 2.22. The number of fused-ring (bicyclic) bond motifs is 3. The Morgan fingerprint density at radius 1 is 0.929 bits per heavy atom. The molecule has 2 aromatic heterocycles. The molecule has 0 amide bonds. The van der Waals surface area contributed by atoms with Crippen LogP contribution in [0.4, 0.5) is 0 Å². The summed E-state index contributed by atoms with van der Waals surface area (Å²) in [5.74, 6) is 0. The number of hydrogen-bond acceptors (Lipinski definition) is 1. The fourth-order valence-corrected chi connectivity index (χ4v) is 2.61. The average molecular weight is 313 g/mol. The molecule has 0 bridgehead atoms. The van der Waals surface area contributed by atoms with Gasteiger partial charge in [-0.1, -0.05) is 23.5 Å². The van der Waals surface area contributed by atoms with E-state index in [-0.39, 0.29) is 24.0 Å². The monoisotopic (exact) mass is 313 g/mol. The highest BCUT2D eigenvalue weighted by Crippen LogP contribution is 2.19. The molecule has 1 aromatic carbocycles. The van der Waals surface area contributed by atoms with Gasteiger partial charge in [-0.15, -0.1) is 0 Å². The van der Waals surface area contributed by atoms with Crippen LogP contribution in [-0.2, 0) is 0 Å². The van der Waals surface area contributed by atoms with E-state index >= 15 is 0 Å². The van der Waals surface area contributed by atoms with Crippen molar-refractivity contribution in [2.45, 2.75) is 0 Å². The zero-order valence-electron chi connectivity index (χ0n) is 7.35. The summed E-state index contributed by atoms with van der Waals surface area (Å²) in [7, 11) is 0. The summed E-state index contributed by atoms with van der Waals surface area (Å²) < 4.78 is 3.56. The third kappa shape index (κ3) is 1.40. The van der Waals surface area contributed by atoms with Gasteiger partial charge in [0.25, 0.3) is 4.83 Å². The van der Waals surface area contributed by atoms with Gasteiger partial charge in [0.2, 0.25) is 5.52 Å². The Hall–Kier alpha value is -0.680. The minimum atomic E-state index is 0. The van der Waals surface area contributed by atoms with Gasteiger partial charge in [0, 0.05) is 18.2 Å². The van der Waals surface area contributed by atoms with Gasteiger partial charge < -0.3 is 24.0 Å². The lowest BCUT2D eigenvalue weighted by Gasteiger charge is -1.81. The fraction of sp³-hybridized carbons (Fsp3) is 0. The van der Waals surface area contributed by atoms with Crippen LogP contribution in [0.3, 0.4) is 0 Å². The standard InChI is InChI=1S/C11H8NS.HI/c1-2-6-10-9(5-1)12-8-4-3-7-11(12)13-10;/h1-8H;1H/q+1;/p-1. The number of benzene rings is 1. The predicted octanol–water partition coefficient (Wildman–Crippen LogP) is -0.356. The van der Waals surface area contributed by atoms with Crippen molar-refractivity contribution in [1.29, 1.82) is 0 Å². The minimum Gasteiger partial charge on any atom is -1.00 e. The molecule has 3 rings (SSSR count). The molecule has 0 atom stereocenters. The molecule has 0 aliphatic carbocycles. The van der Waals surface area contributed by atoms with Crippen LogP contribution < -0.4 is 28.4 Å². The van der Waals surface area contributed by atoms with Gasteiger partial charge in [-0.2, -0.15) is 4.40 Å². The van der Waals surface area contributed by atoms with Crippen molar-refractivity contribution >= 4 is 26.4 Å². The van der Waals surface area contributed by atoms with E-state index in [1.807, 2.05) is 11.3 Å².